The van der Waals surface area contributed by atoms with Crippen molar-refractivity contribution in [2.24, 2.45) is 5.73 Å². The molecule has 3 aliphatic heterocycles. The van der Waals surface area contributed by atoms with Crippen molar-refractivity contribution in [2.75, 3.05) is 65.8 Å². The van der Waals surface area contributed by atoms with Crippen LogP contribution >= 0.6 is 0 Å². The van der Waals surface area contributed by atoms with Crippen molar-refractivity contribution in [3.63, 3.8) is 0 Å². The molecule has 6 aromatic rings. The molecule has 3 saturated heterocycles. The van der Waals surface area contributed by atoms with E-state index in [0.29, 0.717) is 94.8 Å². The van der Waals surface area contributed by atoms with Crippen LogP contribution in [0, 0.1) is 20.2 Å². The second-order valence-corrected chi connectivity index (χ2v) is 26.4. The number of hydrogen-bond donors (Lipinski definition) is 4. The van der Waals surface area contributed by atoms with Crippen LogP contribution in [0.15, 0.2) is 115 Å². The number of rotatable bonds is 36. The number of alkyl carbamates (subject to hydrolysis) is 2. The van der Waals surface area contributed by atoms with Gasteiger partial charge >= 0.3 is 41.5 Å². The van der Waals surface area contributed by atoms with Gasteiger partial charge in [0.25, 0.3) is 23.2 Å². The molecule has 4 aromatic carbocycles. The predicted molar refractivity (Wildman–Crippen MR) is 388 cm³/mol. The Morgan fingerprint density at radius 2 is 0.982 bits per heavy atom. The van der Waals surface area contributed by atoms with Crippen LogP contribution in [-0.4, -0.2) is 180 Å². The van der Waals surface area contributed by atoms with Crippen molar-refractivity contribution < 1.29 is 105 Å². The number of nitrogens with one attached hydrogen (secondary N) is 3. The number of nitrogens with two attached hydrogens (primary N) is 1. The van der Waals surface area contributed by atoms with Crippen molar-refractivity contribution in [2.45, 2.75) is 154 Å². The number of ether oxygens (including phenoxy) is 6. The summed E-state index contributed by atoms with van der Waals surface area (Å²) in [7, 11) is 0. The molecule has 3 aliphatic rings. The number of nitro groups is 2. The van der Waals surface area contributed by atoms with Gasteiger partial charge in [-0.1, -0.05) is 50.2 Å². The number of fused-ring (bicyclic) bond motifs is 2. The van der Waals surface area contributed by atoms with E-state index in [-0.39, 0.29) is 145 Å². The Bertz CT molecular complexity index is 4490. The molecule has 2 unspecified atom stereocenters. The second-order valence-electron chi connectivity index (χ2n) is 26.4. The van der Waals surface area contributed by atoms with Gasteiger partial charge in [-0.3, -0.25) is 49.0 Å². The van der Waals surface area contributed by atoms with Gasteiger partial charge in [0.1, 0.15) is 98.0 Å². The molecule has 0 aliphatic carbocycles. The molecule has 0 radical (unpaired) electrons. The number of Topliss-reactive ketones (excluding diaryl/α,β-unsaturated/α-hetero) is 2. The molecule has 3 fully saturated rings. The zero-order valence-corrected chi connectivity index (χ0v) is 61.1. The molecule has 110 heavy (non-hydrogen) atoms. The standard InChI is InChI=1S/C40H45N5O15.C35H42N4O11/c1-24(28-8-3-4-10-31(28)45(54)55)23-58-40(53)42-30(9-5-6-16-41-39(52)60-44-34(47)14-15-35(44)48)37(50)43-17-7-11-32(43)38(51)57-19-18-56-27-12-13-29-26(20-25(2)46)21-36(49)59-33(29)22-27;1-22(26-8-3-4-10-29(26)39(45)46)21-49-35(44)37-28(9-5-6-14-36)33(42)38-15-7-11-30(38)34(43)48-17-16-47-25-12-13-27-24(18-23(2)40)19-32(41)50-31(27)20-25/h3-4,8,10,12-13,21-22,24,30,32H,5-7,9,11,14-20,23H2,1-2H3,(H,41,52)(H,42,53);3-4,8,10,12-13,19-20,22,28,30H,5-7,9,11,14-18,21,36H2,1-2H3,(H,37,44)/t24?,30-,32-;22?,28-,30-/m00/s1. The fourth-order valence-corrected chi connectivity index (χ4v) is 12.7. The molecule has 35 heteroatoms. The van der Waals surface area contributed by atoms with E-state index in [4.69, 9.17) is 47.8 Å². The van der Waals surface area contributed by atoms with Crippen LogP contribution in [0.5, 0.6) is 11.5 Å². The Morgan fingerprint density at radius 1 is 0.555 bits per heavy atom. The molecule has 0 saturated carbocycles. The van der Waals surface area contributed by atoms with Crippen LogP contribution in [0.4, 0.5) is 25.8 Å². The molecule has 0 bridgehead atoms. The van der Waals surface area contributed by atoms with E-state index in [1.807, 2.05) is 0 Å². The minimum Gasteiger partial charge on any atom is -0.490 e. The molecule has 5 N–H and O–H groups in total. The first-order valence-corrected chi connectivity index (χ1v) is 35.9. The van der Waals surface area contributed by atoms with E-state index >= 15 is 0 Å². The molecule has 35 nitrogen and oxygen atoms in total. The topological polar surface area (TPSA) is 471 Å². The van der Waals surface area contributed by atoms with E-state index in [1.165, 1.54) is 66.1 Å². The van der Waals surface area contributed by atoms with Crippen molar-refractivity contribution in [3.8, 4) is 11.5 Å². The van der Waals surface area contributed by atoms with Crippen LogP contribution in [0.3, 0.4) is 0 Å². The highest BCUT2D eigenvalue weighted by Crippen LogP contribution is 2.31. The maximum atomic E-state index is 14.0. The zero-order chi connectivity index (χ0) is 79.6. The summed E-state index contributed by atoms with van der Waals surface area (Å²) in [5, 5.41) is 32.1. The number of unbranched alkanes of at least 4 members (excludes halogenated alkanes) is 2. The summed E-state index contributed by atoms with van der Waals surface area (Å²) in [4.78, 5) is 192. The summed E-state index contributed by atoms with van der Waals surface area (Å²) < 4.78 is 43.6. The van der Waals surface area contributed by atoms with Crippen LogP contribution in [-0.2, 0) is 75.0 Å². The van der Waals surface area contributed by atoms with Crippen molar-refractivity contribution in [3.05, 3.63) is 160 Å². The summed E-state index contributed by atoms with van der Waals surface area (Å²) in [5.74, 6) is -4.21. The largest absolute Gasteiger partial charge is 0.490 e. The van der Waals surface area contributed by atoms with Crippen LogP contribution < -0.4 is 42.4 Å². The highest BCUT2D eigenvalue weighted by atomic mass is 16.7. The smallest absolute Gasteiger partial charge is 0.432 e. The molecule has 9 rings (SSSR count). The van der Waals surface area contributed by atoms with E-state index in [1.54, 1.807) is 68.4 Å². The van der Waals surface area contributed by atoms with Crippen molar-refractivity contribution in [1.82, 2.24) is 30.8 Å². The second kappa shape index (κ2) is 40.7. The van der Waals surface area contributed by atoms with Gasteiger partial charge in [-0.2, -0.15) is 0 Å². The number of likely N-dealkylation sites (tertiary alicyclic amines) is 2. The third-order valence-electron chi connectivity index (χ3n) is 18.0. The van der Waals surface area contributed by atoms with Crippen LogP contribution in [0.1, 0.15) is 139 Å². The van der Waals surface area contributed by atoms with Gasteiger partial charge in [0, 0.05) is 115 Å². The normalized spacial score (nSPS) is 15.6. The van der Waals surface area contributed by atoms with E-state index < -0.39 is 111 Å². The quantitative estimate of drug-likeness (QED) is 0.00566. The number of nitrogens with zero attached hydrogens (tertiary/aromatic N) is 5. The fourth-order valence-electron chi connectivity index (χ4n) is 12.7. The van der Waals surface area contributed by atoms with E-state index in [0.717, 1.165) is 0 Å². The molecule has 588 valence electrons. The van der Waals surface area contributed by atoms with Gasteiger partial charge < -0.3 is 73.6 Å². The van der Waals surface area contributed by atoms with Gasteiger partial charge in [0.05, 0.1) is 9.85 Å². The van der Waals surface area contributed by atoms with Gasteiger partial charge in [-0.05, 0) is 120 Å². The fraction of sp³-hybridized carbons (Fsp3) is 0.453. The molecule has 5 heterocycles. The third kappa shape index (κ3) is 23.9. The Hall–Kier alpha value is -12.2. The Morgan fingerprint density at radius 3 is 1.40 bits per heavy atom. The first kappa shape index (κ1) is 83.5. The number of imide groups is 1. The molecule has 0 spiro atoms. The number of hydrogen-bond acceptors (Lipinski definition) is 27. The van der Waals surface area contributed by atoms with Crippen molar-refractivity contribution >= 4 is 98.7 Å². The minimum atomic E-state index is -1.19. The average Bonchev–Trinajstić information content (AvgIpc) is 1.13. The monoisotopic (exact) mass is 1530 g/mol. The lowest BCUT2D eigenvalue weighted by Gasteiger charge is -2.28. The van der Waals surface area contributed by atoms with Crippen LogP contribution in [0.25, 0.3) is 21.9 Å². The summed E-state index contributed by atoms with van der Waals surface area (Å²) in [6, 6.07) is 20.4. The SMILES string of the molecule is CC(=O)Cc1cc(=O)oc2cc(OCCOC(=O)[C@@H]3CCCN3C(=O)[C@H](CCCCN)NC(=O)OCC(C)c3ccccc3[N+](=O)[O-])ccc12.CC(=O)Cc1cc(=O)oc2cc(OCCOC(=O)[C@@H]3CCCN3C(=O)[C@H](CCCCNC(=O)ON3C(=O)CCC3=O)NC(=O)OCC(C)c3ccccc3[N+](=O)[O-])ccc12. The van der Waals surface area contributed by atoms with Gasteiger partial charge in [-0.25, -0.2) is 33.6 Å². The number of amides is 7. The maximum absolute atomic E-state index is 14.0. The number of nitro benzene ring substituents is 2. The average molecular weight is 1530 g/mol. The Labute approximate surface area is 628 Å². The number of carbonyl (C=O) groups is 11. The first-order valence-electron chi connectivity index (χ1n) is 35.9. The number of benzene rings is 4. The third-order valence-corrected chi connectivity index (χ3v) is 18.0. The summed E-state index contributed by atoms with van der Waals surface area (Å²) >= 11 is 0. The molecular weight excluding hydrogens is 1440 g/mol. The first-order chi connectivity index (χ1) is 52.7. The van der Waals surface area contributed by atoms with Gasteiger partial charge in [0.2, 0.25) is 11.8 Å². The summed E-state index contributed by atoms with van der Waals surface area (Å²) in [6.45, 7) is 6.28. The van der Waals surface area contributed by atoms with E-state index in [2.05, 4.69) is 16.0 Å². The molecule has 2 aromatic heterocycles. The number of ketones is 2. The Kier molecular flexibility index (Phi) is 30.9. The van der Waals surface area contributed by atoms with E-state index in [9.17, 15) is 82.6 Å². The highest BCUT2D eigenvalue weighted by molar-refractivity contribution is 6.01. The zero-order valence-electron chi connectivity index (χ0n) is 61.1. The minimum absolute atomic E-state index is 0.0189. The Balaban J connectivity index is 0.000000281. The number of para-hydroxylation sites is 2. The predicted octanol–water partition coefficient (Wildman–Crippen LogP) is 7.38. The van der Waals surface area contributed by atoms with Crippen LogP contribution in [0.2, 0.25) is 0 Å². The lowest BCUT2D eigenvalue weighted by atomic mass is 10.0. The number of hydroxylamine groups is 2. The maximum Gasteiger partial charge on any atom is 0.432 e. The lowest BCUT2D eigenvalue weighted by Crippen LogP contribution is -2.52. The van der Waals surface area contributed by atoms with Gasteiger partial charge in [-0.15, -0.1) is 5.06 Å². The molecule has 6 atom stereocenters. The highest BCUT2D eigenvalue weighted by Gasteiger charge is 2.41. The number of esters is 2. The lowest BCUT2D eigenvalue weighted by molar-refractivity contribution is -0.385. The van der Waals surface area contributed by atoms with Crippen molar-refractivity contribution in [1.29, 1.82) is 0 Å². The summed E-state index contributed by atoms with van der Waals surface area (Å²) in [5.41, 5.74) is 6.54. The molecule has 7 amide bonds. The molecular formula is C75H87N9O26. The number of carbonyl (C=O) groups excluding carboxylic acids is 11. The van der Waals surface area contributed by atoms with Gasteiger partial charge in [0.15, 0.2) is 0 Å². The summed E-state index contributed by atoms with van der Waals surface area (Å²) in [6.07, 6.45) is 0.874.